The molecule has 1 aromatic heterocycles. The van der Waals surface area contributed by atoms with Gasteiger partial charge in [-0.2, -0.15) is 0 Å². The van der Waals surface area contributed by atoms with Gasteiger partial charge in [-0.15, -0.1) is 11.3 Å². The lowest BCUT2D eigenvalue weighted by molar-refractivity contribution is -0.143. The van der Waals surface area contributed by atoms with Crippen molar-refractivity contribution in [2.75, 3.05) is 6.54 Å². The Hall–Kier alpha value is -2.37. The van der Waals surface area contributed by atoms with Crippen LogP contribution in [-0.4, -0.2) is 18.4 Å². The zero-order chi connectivity index (χ0) is 20.3. The average Bonchev–Trinajstić information content (AvgIpc) is 3.01. The van der Waals surface area contributed by atoms with Gasteiger partial charge in [0.2, 0.25) is 0 Å². The maximum atomic E-state index is 12.4. The molecule has 0 fully saturated rings. The number of hydrogen-bond donors (Lipinski definition) is 1. The molecule has 0 saturated heterocycles. The number of hydrogen-bond acceptors (Lipinski definition) is 4. The Morgan fingerprint density at radius 3 is 2.39 bits per heavy atom. The number of thiophene rings is 1. The normalized spacial score (nSPS) is 11.4. The molecule has 0 saturated carbocycles. The van der Waals surface area contributed by atoms with Crippen LogP contribution in [0.4, 0.5) is 0 Å². The molecule has 1 amide bonds. The summed E-state index contributed by atoms with van der Waals surface area (Å²) >= 11 is 7.59. The molecule has 1 heterocycles. The summed E-state index contributed by atoms with van der Waals surface area (Å²) in [6, 6.07) is 15.5. The number of rotatable bonds is 5. The van der Waals surface area contributed by atoms with E-state index in [-0.39, 0.29) is 24.5 Å². The van der Waals surface area contributed by atoms with Crippen LogP contribution in [0.3, 0.4) is 0 Å². The van der Waals surface area contributed by atoms with E-state index in [9.17, 15) is 9.59 Å². The first-order chi connectivity index (χ1) is 13.3. The molecule has 3 rings (SSSR count). The number of nitrogens with one attached hydrogen (secondary N) is 1. The summed E-state index contributed by atoms with van der Waals surface area (Å²) in [5, 5.41) is 3.82. The van der Waals surface area contributed by atoms with Crippen molar-refractivity contribution in [3.63, 3.8) is 0 Å². The molecule has 4 nitrogen and oxygen atoms in total. The minimum atomic E-state index is -0.495. The number of amides is 1. The van der Waals surface area contributed by atoms with Gasteiger partial charge in [0, 0.05) is 10.1 Å². The fourth-order valence-corrected chi connectivity index (χ4v) is 4.14. The maximum Gasteiger partial charge on any atom is 0.325 e. The quantitative estimate of drug-likeness (QED) is 0.573. The van der Waals surface area contributed by atoms with E-state index in [2.05, 4.69) is 26.1 Å². The SMILES string of the molecule is CC(C)(C)c1ccc(COC(=O)CNC(=O)c2sc3ccccc3c2Cl)cc1. The largest absolute Gasteiger partial charge is 0.460 e. The lowest BCUT2D eigenvalue weighted by Gasteiger charge is -2.19. The van der Waals surface area contributed by atoms with Crippen molar-refractivity contribution < 1.29 is 14.3 Å². The molecular formula is C22H22ClNO3S. The van der Waals surface area contributed by atoms with Crippen LogP contribution in [0.15, 0.2) is 48.5 Å². The van der Waals surface area contributed by atoms with Gasteiger partial charge in [0.15, 0.2) is 0 Å². The van der Waals surface area contributed by atoms with Crippen molar-refractivity contribution in [1.29, 1.82) is 0 Å². The Balaban J connectivity index is 1.52. The minimum absolute atomic E-state index is 0.0767. The van der Waals surface area contributed by atoms with Gasteiger partial charge in [-0.05, 0) is 22.6 Å². The molecule has 0 aliphatic heterocycles. The summed E-state index contributed by atoms with van der Waals surface area (Å²) in [5.74, 6) is -0.872. The Morgan fingerprint density at radius 2 is 1.75 bits per heavy atom. The molecule has 3 aromatic rings. The Labute approximate surface area is 173 Å². The summed E-state index contributed by atoms with van der Waals surface area (Å²) in [4.78, 5) is 24.7. The van der Waals surface area contributed by atoms with Gasteiger partial charge in [-0.3, -0.25) is 9.59 Å². The number of esters is 1. The highest BCUT2D eigenvalue weighted by atomic mass is 35.5. The first-order valence-corrected chi connectivity index (χ1v) is 10.2. The summed E-state index contributed by atoms with van der Waals surface area (Å²) in [5.41, 5.74) is 2.20. The van der Waals surface area contributed by atoms with Crippen molar-refractivity contribution in [3.05, 3.63) is 69.6 Å². The first kappa shape index (κ1) is 20.4. The molecule has 1 N–H and O–H groups in total. The standard InChI is InChI=1S/C22H22ClNO3S/c1-22(2,3)15-10-8-14(9-11-15)13-27-18(25)12-24-21(26)20-19(23)16-6-4-5-7-17(16)28-20/h4-11H,12-13H2,1-3H3,(H,24,26). The van der Waals surface area contributed by atoms with Gasteiger partial charge in [-0.25, -0.2) is 0 Å². The predicted octanol–water partition coefficient (Wildman–Crippen LogP) is 5.33. The number of carbonyl (C=O) groups excluding carboxylic acids is 2. The number of halogens is 1. The van der Waals surface area contributed by atoms with Crippen LogP contribution < -0.4 is 5.32 Å². The van der Waals surface area contributed by atoms with Gasteiger partial charge >= 0.3 is 5.97 Å². The number of ether oxygens (including phenoxy) is 1. The number of carbonyl (C=O) groups is 2. The van der Waals surface area contributed by atoms with E-state index in [0.717, 1.165) is 15.6 Å². The third kappa shape index (κ3) is 4.72. The number of benzene rings is 2. The molecule has 2 aromatic carbocycles. The van der Waals surface area contributed by atoms with Crippen molar-refractivity contribution >= 4 is 44.9 Å². The fourth-order valence-electron chi connectivity index (χ4n) is 2.71. The second-order valence-corrected chi connectivity index (χ2v) is 8.96. The van der Waals surface area contributed by atoms with Crippen molar-refractivity contribution in [2.24, 2.45) is 0 Å². The Kier molecular flexibility index (Phi) is 6.06. The molecule has 0 radical (unpaired) electrons. The van der Waals surface area contributed by atoms with Gasteiger partial charge in [0.1, 0.15) is 18.0 Å². The second-order valence-electron chi connectivity index (χ2n) is 7.53. The summed E-state index contributed by atoms with van der Waals surface area (Å²) in [6.45, 7) is 6.40. The average molecular weight is 416 g/mol. The van der Waals surface area contributed by atoms with Crippen LogP contribution in [-0.2, 0) is 21.6 Å². The number of fused-ring (bicyclic) bond motifs is 1. The monoisotopic (exact) mass is 415 g/mol. The Morgan fingerprint density at radius 1 is 1.07 bits per heavy atom. The van der Waals surface area contributed by atoms with Crippen molar-refractivity contribution in [3.8, 4) is 0 Å². The van der Waals surface area contributed by atoms with Gasteiger partial charge in [0.25, 0.3) is 5.91 Å². The minimum Gasteiger partial charge on any atom is -0.460 e. The van der Waals surface area contributed by atoms with Crippen LogP contribution in [0.5, 0.6) is 0 Å². The fraction of sp³-hybridized carbons (Fsp3) is 0.273. The van der Waals surface area contributed by atoms with Gasteiger partial charge in [-0.1, -0.05) is 74.8 Å². The molecule has 0 aliphatic rings. The van der Waals surface area contributed by atoms with Crippen molar-refractivity contribution in [2.45, 2.75) is 32.8 Å². The predicted molar refractivity (Wildman–Crippen MR) is 114 cm³/mol. The van der Waals surface area contributed by atoms with Crippen LogP contribution in [0, 0.1) is 0 Å². The van der Waals surface area contributed by atoms with Crippen LogP contribution in [0.2, 0.25) is 5.02 Å². The summed E-state index contributed by atoms with van der Waals surface area (Å²) < 4.78 is 6.18. The van der Waals surface area contributed by atoms with Gasteiger partial charge < -0.3 is 10.1 Å². The maximum absolute atomic E-state index is 12.4. The third-order valence-electron chi connectivity index (χ3n) is 4.35. The highest BCUT2D eigenvalue weighted by Crippen LogP contribution is 2.34. The van der Waals surface area contributed by atoms with E-state index < -0.39 is 5.97 Å². The van der Waals surface area contributed by atoms with E-state index in [1.807, 2.05) is 48.5 Å². The zero-order valence-corrected chi connectivity index (χ0v) is 17.6. The molecule has 0 spiro atoms. The molecular weight excluding hydrogens is 394 g/mol. The molecule has 6 heteroatoms. The molecule has 0 aliphatic carbocycles. The highest BCUT2D eigenvalue weighted by molar-refractivity contribution is 7.21. The molecule has 146 valence electrons. The van der Waals surface area contributed by atoms with E-state index in [1.54, 1.807) is 0 Å². The summed E-state index contributed by atoms with van der Waals surface area (Å²) in [6.07, 6.45) is 0. The van der Waals surface area contributed by atoms with Crippen LogP contribution in [0.25, 0.3) is 10.1 Å². The zero-order valence-electron chi connectivity index (χ0n) is 16.0. The molecule has 0 unspecified atom stereocenters. The topological polar surface area (TPSA) is 55.4 Å². The van der Waals surface area contributed by atoms with E-state index in [1.165, 1.54) is 16.9 Å². The van der Waals surface area contributed by atoms with E-state index in [4.69, 9.17) is 16.3 Å². The van der Waals surface area contributed by atoms with Gasteiger partial charge in [0.05, 0.1) is 5.02 Å². The molecule has 28 heavy (non-hydrogen) atoms. The highest BCUT2D eigenvalue weighted by Gasteiger charge is 2.18. The Bertz CT molecular complexity index is 1000. The van der Waals surface area contributed by atoms with E-state index >= 15 is 0 Å². The lowest BCUT2D eigenvalue weighted by atomic mass is 9.87. The van der Waals surface area contributed by atoms with Crippen molar-refractivity contribution in [1.82, 2.24) is 5.32 Å². The molecule has 0 bridgehead atoms. The van der Waals surface area contributed by atoms with Crippen LogP contribution >= 0.6 is 22.9 Å². The third-order valence-corrected chi connectivity index (χ3v) is 6.03. The van der Waals surface area contributed by atoms with Crippen LogP contribution in [0.1, 0.15) is 41.6 Å². The second kappa shape index (κ2) is 8.33. The molecule has 0 atom stereocenters. The first-order valence-electron chi connectivity index (χ1n) is 8.96. The lowest BCUT2D eigenvalue weighted by Crippen LogP contribution is -2.30. The summed E-state index contributed by atoms with van der Waals surface area (Å²) in [7, 11) is 0. The van der Waals surface area contributed by atoms with E-state index in [0.29, 0.717) is 9.90 Å². The smallest absolute Gasteiger partial charge is 0.325 e.